The van der Waals surface area contributed by atoms with Gasteiger partial charge in [0.25, 0.3) is 0 Å². The summed E-state index contributed by atoms with van der Waals surface area (Å²) in [5, 5.41) is 6.85. The first-order chi connectivity index (χ1) is 11.5. The lowest BCUT2D eigenvalue weighted by molar-refractivity contribution is -0.116. The summed E-state index contributed by atoms with van der Waals surface area (Å²) in [6.45, 7) is 2.71. The van der Waals surface area contributed by atoms with E-state index in [2.05, 4.69) is 15.4 Å². The highest BCUT2D eigenvalue weighted by Crippen LogP contribution is 2.30. The molecule has 1 heterocycles. The van der Waals surface area contributed by atoms with Gasteiger partial charge >= 0.3 is 0 Å². The van der Waals surface area contributed by atoms with E-state index in [9.17, 15) is 9.18 Å². The number of hydrogen-bond acceptors (Lipinski definition) is 4. The summed E-state index contributed by atoms with van der Waals surface area (Å²) in [6.07, 6.45) is 2.43. The van der Waals surface area contributed by atoms with Gasteiger partial charge in [0.2, 0.25) is 5.91 Å². The first kappa shape index (κ1) is 16.9. The van der Waals surface area contributed by atoms with E-state index < -0.39 is 0 Å². The number of carbonyl (C=O) groups excluding carboxylic acids is 1. The fourth-order valence-corrected chi connectivity index (χ4v) is 2.82. The molecule has 1 saturated carbocycles. The van der Waals surface area contributed by atoms with Gasteiger partial charge in [0.05, 0.1) is 0 Å². The largest absolute Gasteiger partial charge is 0.360 e. The van der Waals surface area contributed by atoms with Crippen molar-refractivity contribution in [3.05, 3.63) is 46.4 Å². The van der Waals surface area contributed by atoms with Crippen molar-refractivity contribution >= 4 is 23.3 Å². The zero-order valence-corrected chi connectivity index (χ0v) is 14.1. The van der Waals surface area contributed by atoms with Crippen molar-refractivity contribution in [3.63, 3.8) is 0 Å². The lowest BCUT2D eigenvalue weighted by Gasteiger charge is -2.22. The van der Waals surface area contributed by atoms with Gasteiger partial charge in [-0.1, -0.05) is 22.8 Å². The smallest absolute Gasteiger partial charge is 0.226 e. The predicted molar refractivity (Wildman–Crippen MR) is 89.3 cm³/mol. The Balaban J connectivity index is 1.57. The maximum Gasteiger partial charge on any atom is 0.226 e. The number of aromatic nitrogens is 1. The molecule has 2 aromatic rings. The third-order valence-electron chi connectivity index (χ3n) is 4.01. The van der Waals surface area contributed by atoms with Crippen molar-refractivity contribution in [2.45, 2.75) is 38.8 Å². The molecule has 1 aliphatic rings. The van der Waals surface area contributed by atoms with E-state index >= 15 is 0 Å². The Morgan fingerprint density at radius 2 is 2.29 bits per heavy atom. The Morgan fingerprint density at radius 1 is 1.50 bits per heavy atom. The lowest BCUT2D eigenvalue weighted by atomic mass is 10.2. The normalized spacial score (nSPS) is 14.2. The van der Waals surface area contributed by atoms with E-state index in [1.165, 1.54) is 6.07 Å². The molecular formula is C17H19ClFN3O2. The Hall–Kier alpha value is -1.92. The molecule has 1 aromatic heterocycles. The van der Waals surface area contributed by atoms with Crippen LogP contribution in [-0.2, 0) is 11.3 Å². The monoisotopic (exact) mass is 351 g/mol. The third-order valence-corrected chi connectivity index (χ3v) is 4.36. The van der Waals surface area contributed by atoms with Gasteiger partial charge in [0.15, 0.2) is 5.82 Å². The number of benzene rings is 1. The van der Waals surface area contributed by atoms with Crippen LogP contribution in [0.4, 0.5) is 10.2 Å². The fraction of sp³-hybridized carbons (Fsp3) is 0.412. The van der Waals surface area contributed by atoms with Gasteiger partial charge in [0.1, 0.15) is 11.6 Å². The Labute approximate surface area is 144 Å². The van der Waals surface area contributed by atoms with Crippen LogP contribution in [0, 0.1) is 12.7 Å². The molecule has 1 amide bonds. The number of aryl methyl sites for hydroxylation is 1. The average molecular weight is 352 g/mol. The number of halogens is 2. The van der Waals surface area contributed by atoms with Crippen LogP contribution in [0.15, 0.2) is 28.8 Å². The quantitative estimate of drug-likeness (QED) is 0.825. The minimum atomic E-state index is -0.310. The molecule has 128 valence electrons. The number of nitrogens with one attached hydrogen (secondary N) is 1. The summed E-state index contributed by atoms with van der Waals surface area (Å²) < 4.78 is 18.9. The molecule has 24 heavy (non-hydrogen) atoms. The van der Waals surface area contributed by atoms with E-state index in [0.717, 1.165) is 12.8 Å². The van der Waals surface area contributed by atoms with Gasteiger partial charge < -0.3 is 9.84 Å². The number of nitrogens with zero attached hydrogens (tertiary/aromatic N) is 2. The van der Waals surface area contributed by atoms with Gasteiger partial charge in [0, 0.05) is 42.2 Å². The number of rotatable bonds is 7. The minimum absolute atomic E-state index is 0.145. The van der Waals surface area contributed by atoms with Crippen LogP contribution in [0.5, 0.6) is 0 Å². The van der Waals surface area contributed by atoms with E-state index in [1.54, 1.807) is 25.1 Å². The summed E-state index contributed by atoms with van der Waals surface area (Å²) in [5.41, 5.74) is 0.485. The Bertz CT molecular complexity index is 710. The van der Waals surface area contributed by atoms with E-state index in [0.29, 0.717) is 47.7 Å². The second-order valence-corrected chi connectivity index (χ2v) is 6.43. The average Bonchev–Trinajstić information content (AvgIpc) is 3.29. The molecule has 0 spiro atoms. The van der Waals surface area contributed by atoms with E-state index in [4.69, 9.17) is 16.1 Å². The molecule has 3 rings (SSSR count). The predicted octanol–water partition coefficient (Wildman–Crippen LogP) is 3.77. The SMILES string of the molecule is Cc1cc(NC(=O)CCN(Cc2c(F)cccc2Cl)C2CC2)no1. The van der Waals surface area contributed by atoms with Crippen LogP contribution in [0.25, 0.3) is 0 Å². The van der Waals surface area contributed by atoms with Crippen molar-refractivity contribution in [1.82, 2.24) is 10.1 Å². The van der Waals surface area contributed by atoms with E-state index in [-0.39, 0.29) is 11.7 Å². The summed E-state index contributed by atoms with van der Waals surface area (Å²) in [5.74, 6) is 0.593. The van der Waals surface area contributed by atoms with Gasteiger partial charge in [-0.2, -0.15) is 0 Å². The zero-order chi connectivity index (χ0) is 17.1. The fourth-order valence-electron chi connectivity index (χ4n) is 2.59. The highest BCUT2D eigenvalue weighted by atomic mass is 35.5. The summed E-state index contributed by atoms with van der Waals surface area (Å²) in [6, 6.07) is 6.74. The van der Waals surface area contributed by atoms with Crippen LogP contribution in [0.2, 0.25) is 5.02 Å². The molecule has 0 radical (unpaired) electrons. The minimum Gasteiger partial charge on any atom is -0.360 e. The van der Waals surface area contributed by atoms with Crippen LogP contribution < -0.4 is 5.32 Å². The molecule has 1 aliphatic carbocycles. The number of hydrogen-bond donors (Lipinski definition) is 1. The molecular weight excluding hydrogens is 333 g/mol. The van der Waals surface area contributed by atoms with Crippen LogP contribution in [0.1, 0.15) is 30.6 Å². The Morgan fingerprint density at radius 3 is 2.92 bits per heavy atom. The molecule has 0 saturated heterocycles. The molecule has 0 bridgehead atoms. The van der Waals surface area contributed by atoms with Crippen molar-refractivity contribution < 1.29 is 13.7 Å². The van der Waals surface area contributed by atoms with E-state index in [1.807, 2.05) is 0 Å². The molecule has 0 atom stereocenters. The zero-order valence-electron chi connectivity index (χ0n) is 13.4. The van der Waals surface area contributed by atoms with Crippen molar-refractivity contribution in [3.8, 4) is 0 Å². The van der Waals surface area contributed by atoms with Gasteiger partial charge in [-0.25, -0.2) is 4.39 Å². The molecule has 0 aliphatic heterocycles. The van der Waals surface area contributed by atoms with Crippen molar-refractivity contribution in [2.24, 2.45) is 0 Å². The first-order valence-electron chi connectivity index (χ1n) is 7.93. The summed E-state index contributed by atoms with van der Waals surface area (Å²) >= 11 is 6.11. The molecule has 0 unspecified atom stereocenters. The number of anilines is 1. The van der Waals surface area contributed by atoms with Crippen LogP contribution >= 0.6 is 11.6 Å². The number of carbonyl (C=O) groups is 1. The van der Waals surface area contributed by atoms with Gasteiger partial charge in [-0.15, -0.1) is 0 Å². The highest BCUT2D eigenvalue weighted by Gasteiger charge is 2.30. The van der Waals surface area contributed by atoms with Crippen LogP contribution in [-0.4, -0.2) is 28.6 Å². The van der Waals surface area contributed by atoms with Crippen molar-refractivity contribution in [2.75, 3.05) is 11.9 Å². The molecule has 5 nitrogen and oxygen atoms in total. The number of amides is 1. The molecule has 1 aromatic carbocycles. The molecule has 1 fully saturated rings. The second-order valence-electron chi connectivity index (χ2n) is 6.02. The second kappa shape index (κ2) is 7.32. The van der Waals surface area contributed by atoms with Gasteiger partial charge in [-0.3, -0.25) is 9.69 Å². The maximum absolute atomic E-state index is 14.0. The third kappa shape index (κ3) is 4.33. The lowest BCUT2D eigenvalue weighted by Crippen LogP contribution is -2.30. The summed E-state index contributed by atoms with van der Waals surface area (Å²) in [7, 11) is 0. The Kier molecular flexibility index (Phi) is 5.16. The van der Waals surface area contributed by atoms with Crippen LogP contribution in [0.3, 0.4) is 0 Å². The maximum atomic E-state index is 14.0. The standard InChI is InChI=1S/C17H19ClFN3O2/c1-11-9-16(21-24-11)20-17(23)7-8-22(12-5-6-12)10-13-14(18)3-2-4-15(13)19/h2-4,9,12H,5-8,10H2,1H3,(H,20,21,23). The topological polar surface area (TPSA) is 58.4 Å². The first-order valence-corrected chi connectivity index (χ1v) is 8.31. The summed E-state index contributed by atoms with van der Waals surface area (Å²) in [4.78, 5) is 14.1. The highest BCUT2D eigenvalue weighted by molar-refractivity contribution is 6.31. The van der Waals surface area contributed by atoms with Crippen molar-refractivity contribution in [1.29, 1.82) is 0 Å². The molecule has 7 heteroatoms. The van der Waals surface area contributed by atoms with Gasteiger partial charge in [-0.05, 0) is 31.9 Å². The molecule has 1 N–H and O–H groups in total.